The summed E-state index contributed by atoms with van der Waals surface area (Å²) in [5.41, 5.74) is 6.86. The van der Waals surface area contributed by atoms with Crippen molar-refractivity contribution in [3.63, 3.8) is 0 Å². The highest BCUT2D eigenvalue weighted by Gasteiger charge is 2.07. The molecule has 0 spiro atoms. The van der Waals surface area contributed by atoms with Gasteiger partial charge in [-0.25, -0.2) is 9.99 Å². The van der Waals surface area contributed by atoms with Gasteiger partial charge in [-0.2, -0.15) is 5.10 Å². The number of hydrogen-bond acceptors (Lipinski definition) is 3. The van der Waals surface area contributed by atoms with Gasteiger partial charge in [0.1, 0.15) is 11.3 Å². The molecule has 0 fully saturated rings. The molecule has 5 nitrogen and oxygen atoms in total. The second kappa shape index (κ2) is 4.68. The lowest BCUT2D eigenvalue weighted by Gasteiger charge is -2.08. The van der Waals surface area contributed by atoms with Crippen molar-refractivity contribution in [3.8, 4) is 0 Å². The number of rotatable bonds is 2. The number of imidazole rings is 1. The molecular weight excluding hydrogens is 258 g/mol. The van der Waals surface area contributed by atoms with Crippen LogP contribution in [0.3, 0.4) is 0 Å². The molecule has 0 unspecified atom stereocenters. The summed E-state index contributed by atoms with van der Waals surface area (Å²) in [5.74, 6) is 0. The quantitative estimate of drug-likeness (QED) is 0.509. The molecule has 7 heteroatoms. The number of pyridine rings is 1. The Labute approximate surface area is 108 Å². The largest absolute Gasteiger partial charge is 0.375 e. The van der Waals surface area contributed by atoms with Crippen molar-refractivity contribution < 1.29 is 0 Å². The first-order valence-electron chi connectivity index (χ1n) is 4.79. The fourth-order valence-electron chi connectivity index (χ4n) is 1.30. The monoisotopic (exact) mass is 267 g/mol. The van der Waals surface area contributed by atoms with Crippen LogP contribution in [0.25, 0.3) is 5.65 Å². The van der Waals surface area contributed by atoms with E-state index in [9.17, 15) is 0 Å². The van der Waals surface area contributed by atoms with Crippen LogP contribution in [-0.2, 0) is 0 Å². The number of nitrogens with zero attached hydrogens (tertiary/aromatic N) is 4. The average molecular weight is 268 g/mol. The Balaban J connectivity index is 2.42. The summed E-state index contributed by atoms with van der Waals surface area (Å²) in [4.78, 5) is 4.19. The fourth-order valence-corrected chi connectivity index (χ4v) is 1.57. The van der Waals surface area contributed by atoms with E-state index in [2.05, 4.69) is 10.1 Å². The van der Waals surface area contributed by atoms with Crippen molar-refractivity contribution in [1.82, 2.24) is 14.4 Å². The van der Waals surface area contributed by atoms with E-state index >= 15 is 0 Å². The lowest BCUT2D eigenvalue weighted by atomic mass is 10.4. The normalized spacial score (nSPS) is 11.2. The standard InChI is InChI=1S/C10H10ClN5S/c1-15(10(12)17)13-6-7-9(11)14-8-4-2-3-5-16(7)8/h2-6H,1H3,(H2,12,17)/b13-6+. The lowest BCUT2D eigenvalue weighted by molar-refractivity contribution is 0.552. The molecule has 0 bridgehead atoms. The van der Waals surface area contributed by atoms with Crippen LogP contribution in [0.15, 0.2) is 29.5 Å². The van der Waals surface area contributed by atoms with Crippen molar-refractivity contribution in [2.24, 2.45) is 10.8 Å². The van der Waals surface area contributed by atoms with Gasteiger partial charge in [0.25, 0.3) is 0 Å². The molecule has 0 saturated carbocycles. The van der Waals surface area contributed by atoms with E-state index in [-0.39, 0.29) is 5.11 Å². The predicted octanol–water partition coefficient (Wildman–Crippen LogP) is 1.50. The van der Waals surface area contributed by atoms with Crippen molar-refractivity contribution >= 4 is 40.8 Å². The SMILES string of the molecule is CN(/N=C/c1c(Cl)nc2ccccn12)C(N)=S. The van der Waals surface area contributed by atoms with Gasteiger partial charge in [-0.1, -0.05) is 17.7 Å². The summed E-state index contributed by atoms with van der Waals surface area (Å²) in [6, 6.07) is 5.64. The van der Waals surface area contributed by atoms with Gasteiger partial charge < -0.3 is 5.73 Å². The van der Waals surface area contributed by atoms with Crippen LogP contribution in [0.1, 0.15) is 5.69 Å². The zero-order valence-electron chi connectivity index (χ0n) is 9.04. The maximum absolute atomic E-state index is 6.02. The molecule has 0 aliphatic heterocycles. The molecule has 0 aliphatic carbocycles. The highest BCUT2D eigenvalue weighted by atomic mass is 35.5. The molecule has 0 radical (unpaired) electrons. The fraction of sp³-hybridized carbons (Fsp3) is 0.100. The molecule has 0 aromatic carbocycles. The average Bonchev–Trinajstić information content (AvgIpc) is 2.61. The number of nitrogens with two attached hydrogens (primary N) is 1. The van der Waals surface area contributed by atoms with Gasteiger partial charge in [0.05, 0.1) is 6.21 Å². The first-order valence-corrected chi connectivity index (χ1v) is 5.58. The number of thiocarbonyl (C=S) groups is 1. The van der Waals surface area contributed by atoms with Gasteiger partial charge in [-0.15, -0.1) is 0 Å². The highest BCUT2D eigenvalue weighted by molar-refractivity contribution is 7.80. The van der Waals surface area contributed by atoms with E-state index in [1.165, 1.54) is 5.01 Å². The maximum atomic E-state index is 6.02. The summed E-state index contributed by atoms with van der Waals surface area (Å²) >= 11 is 10.8. The van der Waals surface area contributed by atoms with Gasteiger partial charge in [0, 0.05) is 13.2 Å². The molecular formula is C10H10ClN5S. The molecule has 2 heterocycles. The highest BCUT2D eigenvalue weighted by Crippen LogP contribution is 2.15. The Morgan fingerprint density at radius 3 is 3.12 bits per heavy atom. The number of fused-ring (bicyclic) bond motifs is 1. The van der Waals surface area contributed by atoms with Crippen LogP contribution in [0.2, 0.25) is 5.15 Å². The van der Waals surface area contributed by atoms with Crippen LogP contribution in [-0.4, -0.2) is 32.8 Å². The smallest absolute Gasteiger partial charge is 0.186 e. The van der Waals surface area contributed by atoms with Gasteiger partial charge in [0.2, 0.25) is 0 Å². The third-order valence-corrected chi connectivity index (χ3v) is 2.74. The minimum atomic E-state index is 0.186. The summed E-state index contributed by atoms with van der Waals surface area (Å²) < 4.78 is 1.83. The number of aromatic nitrogens is 2. The van der Waals surface area contributed by atoms with Crippen molar-refractivity contribution in [3.05, 3.63) is 35.2 Å². The maximum Gasteiger partial charge on any atom is 0.186 e. The first kappa shape index (κ1) is 11.8. The van der Waals surface area contributed by atoms with Crippen LogP contribution in [0, 0.1) is 0 Å². The molecule has 0 atom stereocenters. The van der Waals surface area contributed by atoms with Crippen molar-refractivity contribution in [2.75, 3.05) is 7.05 Å². The Hall–Kier alpha value is -1.66. The van der Waals surface area contributed by atoms with Crippen LogP contribution in [0.4, 0.5) is 0 Å². The molecule has 0 saturated heterocycles. The third kappa shape index (κ3) is 2.37. The van der Waals surface area contributed by atoms with Gasteiger partial charge in [-0.3, -0.25) is 4.40 Å². The summed E-state index contributed by atoms with van der Waals surface area (Å²) in [6.07, 6.45) is 3.43. The second-order valence-electron chi connectivity index (χ2n) is 3.32. The molecule has 2 rings (SSSR count). The van der Waals surface area contributed by atoms with Gasteiger partial charge in [-0.05, 0) is 24.4 Å². The molecule has 88 valence electrons. The van der Waals surface area contributed by atoms with Crippen LogP contribution < -0.4 is 5.73 Å². The van der Waals surface area contributed by atoms with E-state index in [1.54, 1.807) is 13.3 Å². The van der Waals surface area contributed by atoms with Crippen molar-refractivity contribution in [1.29, 1.82) is 0 Å². The molecule has 2 aromatic rings. The van der Waals surface area contributed by atoms with Gasteiger partial charge >= 0.3 is 0 Å². The van der Waals surface area contributed by atoms with Crippen LogP contribution in [0.5, 0.6) is 0 Å². The summed E-state index contributed by atoms with van der Waals surface area (Å²) in [7, 11) is 1.66. The Morgan fingerprint density at radius 2 is 2.41 bits per heavy atom. The molecule has 17 heavy (non-hydrogen) atoms. The molecule has 0 aliphatic rings. The van der Waals surface area contributed by atoms with E-state index in [0.29, 0.717) is 10.8 Å². The van der Waals surface area contributed by atoms with Crippen molar-refractivity contribution in [2.45, 2.75) is 0 Å². The van der Waals surface area contributed by atoms with E-state index in [0.717, 1.165) is 5.65 Å². The minimum absolute atomic E-state index is 0.186. The molecule has 2 N–H and O–H groups in total. The number of halogens is 1. The third-order valence-electron chi connectivity index (χ3n) is 2.19. The Bertz CT molecular complexity index is 591. The zero-order chi connectivity index (χ0) is 12.4. The van der Waals surface area contributed by atoms with E-state index in [1.807, 2.05) is 28.8 Å². The zero-order valence-corrected chi connectivity index (χ0v) is 10.6. The number of hydrazone groups is 1. The summed E-state index contributed by atoms with van der Waals surface area (Å²) in [6.45, 7) is 0. The molecule has 0 amide bonds. The predicted molar refractivity (Wildman–Crippen MR) is 72.3 cm³/mol. The number of hydrogen-bond donors (Lipinski definition) is 1. The van der Waals surface area contributed by atoms with Crippen LogP contribution >= 0.6 is 23.8 Å². The second-order valence-corrected chi connectivity index (χ2v) is 4.10. The Kier molecular flexibility index (Phi) is 3.26. The van der Waals surface area contributed by atoms with E-state index in [4.69, 9.17) is 29.6 Å². The Morgan fingerprint density at radius 1 is 1.65 bits per heavy atom. The first-order chi connectivity index (χ1) is 8.09. The van der Waals surface area contributed by atoms with Gasteiger partial charge in [0.15, 0.2) is 10.3 Å². The summed E-state index contributed by atoms with van der Waals surface area (Å²) in [5, 5.41) is 6.03. The van der Waals surface area contributed by atoms with E-state index < -0.39 is 0 Å². The topological polar surface area (TPSA) is 58.9 Å². The molecule has 2 aromatic heterocycles. The minimum Gasteiger partial charge on any atom is -0.375 e. The lowest BCUT2D eigenvalue weighted by Crippen LogP contribution is -2.27.